The fourth-order valence-corrected chi connectivity index (χ4v) is 0.433. The highest BCUT2D eigenvalue weighted by molar-refractivity contribution is 6.08. The molecule has 4 heteroatoms. The molecule has 0 aromatic heterocycles. The van der Waals surface area contributed by atoms with Crippen LogP contribution in [0.1, 0.15) is 0 Å². The first-order chi connectivity index (χ1) is 4.76. The maximum Gasteiger partial charge on any atom is 0.340 e. The van der Waals surface area contributed by atoms with E-state index in [1.165, 1.54) is 13.3 Å². The van der Waals surface area contributed by atoms with E-state index in [4.69, 9.17) is 5.41 Å². The quantitative estimate of drug-likeness (QED) is 0.329. The van der Waals surface area contributed by atoms with Crippen LogP contribution < -0.4 is 5.32 Å². The van der Waals surface area contributed by atoms with Crippen molar-refractivity contribution in [1.82, 2.24) is 5.32 Å². The van der Waals surface area contributed by atoms with Crippen molar-refractivity contribution < 1.29 is 9.53 Å². The Morgan fingerprint density at radius 2 is 2.30 bits per heavy atom. The maximum atomic E-state index is 10.7. The van der Waals surface area contributed by atoms with Crippen molar-refractivity contribution in [1.29, 1.82) is 5.41 Å². The molecule has 0 aliphatic heterocycles. The highest BCUT2D eigenvalue weighted by atomic mass is 16.5. The molecule has 0 saturated carbocycles. The van der Waals surface area contributed by atoms with Gasteiger partial charge in [-0.3, -0.25) is 0 Å². The van der Waals surface area contributed by atoms with E-state index >= 15 is 0 Å². The monoisotopic (exact) mass is 142 g/mol. The Bertz CT molecular complexity index is 163. The molecule has 10 heavy (non-hydrogen) atoms. The van der Waals surface area contributed by atoms with Gasteiger partial charge in [-0.2, -0.15) is 0 Å². The minimum atomic E-state index is -0.510. The smallest absolute Gasteiger partial charge is 0.340 e. The molecule has 0 spiro atoms. The summed E-state index contributed by atoms with van der Waals surface area (Å²) in [5.41, 5.74) is 0.199. The lowest BCUT2D eigenvalue weighted by atomic mass is 10.3. The molecule has 4 nitrogen and oxygen atoms in total. The molecule has 0 aliphatic rings. The van der Waals surface area contributed by atoms with Crippen LogP contribution in [0.2, 0.25) is 0 Å². The van der Waals surface area contributed by atoms with Crippen LogP contribution in [0, 0.1) is 5.41 Å². The normalized spacial score (nSPS) is 10.4. The number of methoxy groups -OCH3 is 1. The van der Waals surface area contributed by atoms with Gasteiger partial charge in [0.2, 0.25) is 0 Å². The second-order valence-corrected chi connectivity index (χ2v) is 1.52. The topological polar surface area (TPSA) is 62.2 Å². The van der Waals surface area contributed by atoms with E-state index in [9.17, 15) is 4.79 Å². The Morgan fingerprint density at radius 1 is 1.70 bits per heavy atom. The van der Waals surface area contributed by atoms with E-state index < -0.39 is 5.97 Å². The summed E-state index contributed by atoms with van der Waals surface area (Å²) in [7, 11) is 2.92. The van der Waals surface area contributed by atoms with Crippen LogP contribution >= 0.6 is 0 Å². The molecule has 0 aromatic carbocycles. The zero-order valence-corrected chi connectivity index (χ0v) is 5.97. The van der Waals surface area contributed by atoms with Crippen LogP contribution in [0.5, 0.6) is 0 Å². The summed E-state index contributed by atoms with van der Waals surface area (Å²) in [6.07, 6.45) is 2.33. The van der Waals surface area contributed by atoms with Crippen molar-refractivity contribution in [2.75, 3.05) is 14.2 Å². The third kappa shape index (κ3) is 2.30. The summed E-state index contributed by atoms with van der Waals surface area (Å²) in [4.78, 5) is 10.7. The number of carbonyl (C=O) groups is 1. The number of hydrogen-bond acceptors (Lipinski definition) is 4. The van der Waals surface area contributed by atoms with E-state index in [0.717, 1.165) is 6.21 Å². The lowest BCUT2D eigenvalue weighted by molar-refractivity contribution is -0.135. The van der Waals surface area contributed by atoms with Gasteiger partial charge in [-0.25, -0.2) is 4.79 Å². The first-order valence-corrected chi connectivity index (χ1v) is 2.72. The van der Waals surface area contributed by atoms with Crippen molar-refractivity contribution in [3.63, 3.8) is 0 Å². The van der Waals surface area contributed by atoms with Crippen LogP contribution in [0.15, 0.2) is 11.8 Å². The van der Waals surface area contributed by atoms with Crippen LogP contribution in [0.4, 0.5) is 0 Å². The van der Waals surface area contributed by atoms with Crippen molar-refractivity contribution in [2.24, 2.45) is 0 Å². The van der Waals surface area contributed by atoms with E-state index in [1.807, 2.05) is 0 Å². The summed E-state index contributed by atoms with van der Waals surface area (Å²) in [5.74, 6) is -0.510. The van der Waals surface area contributed by atoms with Gasteiger partial charge in [-0.1, -0.05) is 0 Å². The summed E-state index contributed by atoms with van der Waals surface area (Å²) in [5, 5.41) is 9.38. The van der Waals surface area contributed by atoms with Gasteiger partial charge >= 0.3 is 5.97 Å². The minimum absolute atomic E-state index is 0.199. The number of hydrogen-bond donors (Lipinski definition) is 2. The van der Waals surface area contributed by atoms with Crippen LogP contribution in [-0.4, -0.2) is 26.3 Å². The Balaban J connectivity index is 4.20. The molecule has 0 aromatic rings. The lowest BCUT2D eigenvalue weighted by Crippen LogP contribution is -2.09. The van der Waals surface area contributed by atoms with Crippen molar-refractivity contribution in [3.05, 3.63) is 11.8 Å². The van der Waals surface area contributed by atoms with E-state index in [1.54, 1.807) is 7.05 Å². The fraction of sp³-hybridized carbons (Fsp3) is 0.333. The molecule has 0 bridgehead atoms. The number of nitrogens with one attached hydrogen (secondary N) is 2. The Hall–Kier alpha value is -1.32. The fourth-order valence-electron chi connectivity index (χ4n) is 0.433. The van der Waals surface area contributed by atoms with Gasteiger partial charge in [0.1, 0.15) is 0 Å². The van der Waals surface area contributed by atoms with Gasteiger partial charge in [0, 0.05) is 19.5 Å². The SMILES string of the molecule is CN/C=C(\C=N)C(=O)OC. The van der Waals surface area contributed by atoms with Crippen LogP contribution in [0.25, 0.3) is 0 Å². The molecular formula is C6H10N2O2. The van der Waals surface area contributed by atoms with Gasteiger partial charge < -0.3 is 15.5 Å². The molecule has 0 amide bonds. The highest BCUT2D eigenvalue weighted by Crippen LogP contribution is 1.89. The third-order valence-corrected chi connectivity index (χ3v) is 0.876. The number of ether oxygens (including phenoxy) is 1. The van der Waals surface area contributed by atoms with Crippen molar-refractivity contribution in [2.45, 2.75) is 0 Å². The zero-order valence-electron chi connectivity index (χ0n) is 5.97. The molecule has 0 radical (unpaired) electrons. The molecule has 0 aliphatic carbocycles. The summed E-state index contributed by atoms with van der Waals surface area (Å²) in [6, 6.07) is 0. The first-order valence-electron chi connectivity index (χ1n) is 2.72. The van der Waals surface area contributed by atoms with Crippen LogP contribution in [-0.2, 0) is 9.53 Å². The predicted molar refractivity (Wildman–Crippen MR) is 37.9 cm³/mol. The molecule has 0 rings (SSSR count). The maximum absolute atomic E-state index is 10.7. The predicted octanol–water partition coefficient (Wildman–Crippen LogP) is -0.0877. The van der Waals surface area contributed by atoms with E-state index in [2.05, 4.69) is 10.1 Å². The van der Waals surface area contributed by atoms with Crippen molar-refractivity contribution >= 4 is 12.2 Å². The van der Waals surface area contributed by atoms with Gasteiger partial charge in [0.25, 0.3) is 0 Å². The number of esters is 1. The average molecular weight is 142 g/mol. The standard InChI is InChI=1S/C6H10N2O2/c1-8-4-5(3-7)6(9)10-2/h3-4,7-8H,1-2H3/b5-4+,7-3?. The first kappa shape index (κ1) is 8.68. The lowest BCUT2D eigenvalue weighted by Gasteiger charge is -1.96. The van der Waals surface area contributed by atoms with Gasteiger partial charge in [-0.05, 0) is 0 Å². The van der Waals surface area contributed by atoms with Gasteiger partial charge in [-0.15, -0.1) is 0 Å². The van der Waals surface area contributed by atoms with Gasteiger partial charge in [0.15, 0.2) is 0 Å². The third-order valence-electron chi connectivity index (χ3n) is 0.876. The largest absolute Gasteiger partial charge is 0.465 e. The highest BCUT2D eigenvalue weighted by Gasteiger charge is 2.03. The summed E-state index contributed by atoms with van der Waals surface area (Å²) < 4.78 is 4.36. The number of carbonyl (C=O) groups excluding carboxylic acids is 1. The molecule has 0 atom stereocenters. The average Bonchev–Trinajstić information content (AvgIpc) is 1.99. The Kier molecular flexibility index (Phi) is 3.95. The molecule has 2 N–H and O–H groups in total. The second kappa shape index (κ2) is 4.55. The van der Waals surface area contributed by atoms with E-state index in [0.29, 0.717) is 0 Å². The van der Waals surface area contributed by atoms with Crippen molar-refractivity contribution in [3.8, 4) is 0 Å². The molecule has 0 saturated heterocycles. The van der Waals surface area contributed by atoms with Gasteiger partial charge in [0.05, 0.1) is 12.7 Å². The second-order valence-electron chi connectivity index (χ2n) is 1.52. The minimum Gasteiger partial charge on any atom is -0.465 e. The Morgan fingerprint density at radius 3 is 2.60 bits per heavy atom. The van der Waals surface area contributed by atoms with Crippen LogP contribution in [0.3, 0.4) is 0 Å². The summed E-state index contributed by atoms with van der Waals surface area (Å²) in [6.45, 7) is 0. The zero-order chi connectivity index (χ0) is 7.98. The Labute approximate surface area is 59.4 Å². The molecule has 0 unspecified atom stereocenters. The molecule has 0 heterocycles. The summed E-state index contributed by atoms with van der Waals surface area (Å²) >= 11 is 0. The number of rotatable bonds is 3. The molecule has 0 fully saturated rings. The molecular weight excluding hydrogens is 132 g/mol. The van der Waals surface area contributed by atoms with E-state index in [-0.39, 0.29) is 5.57 Å². The molecule has 56 valence electrons.